The molecule has 0 radical (unpaired) electrons. The van der Waals surface area contributed by atoms with E-state index >= 15 is 0 Å². The first-order chi connectivity index (χ1) is 4.22. The smallest absolute Gasteiger partial charge is 0.194 e. The van der Waals surface area contributed by atoms with Crippen LogP contribution in [-0.4, -0.2) is 17.4 Å². The van der Waals surface area contributed by atoms with Crippen molar-refractivity contribution in [3.05, 3.63) is 10.7 Å². The molecule has 2 nitrogen and oxygen atoms in total. The Labute approximate surface area is 65.7 Å². The lowest BCUT2D eigenvalue weighted by Crippen LogP contribution is -2.17. The van der Waals surface area contributed by atoms with Crippen molar-refractivity contribution in [2.75, 3.05) is 0 Å². The molecule has 0 spiro atoms. The lowest BCUT2D eigenvalue weighted by molar-refractivity contribution is -0.113. The van der Waals surface area contributed by atoms with E-state index in [0.29, 0.717) is 4.48 Å². The van der Waals surface area contributed by atoms with Crippen LogP contribution in [0.4, 0.5) is 0 Å². The first kappa shape index (κ1) is 6.96. The fourth-order valence-corrected chi connectivity index (χ4v) is 1.13. The van der Waals surface area contributed by atoms with Crippen LogP contribution in [0.3, 0.4) is 0 Å². The highest BCUT2D eigenvalue weighted by atomic mass is 79.9. The maximum atomic E-state index is 10.8. The summed E-state index contributed by atoms with van der Waals surface area (Å²) in [6.07, 6.45) is 2.83. The van der Waals surface area contributed by atoms with Gasteiger partial charge in [0.1, 0.15) is 5.38 Å². The maximum absolute atomic E-state index is 10.8. The Morgan fingerprint density at radius 2 is 2.44 bits per heavy atom. The highest BCUT2D eigenvalue weighted by Crippen LogP contribution is 2.14. The molecule has 0 aromatic carbocycles. The first-order valence-corrected chi connectivity index (χ1v) is 3.52. The van der Waals surface area contributed by atoms with Gasteiger partial charge >= 0.3 is 0 Å². The number of hydrogen-bond donors (Lipinski definition) is 0. The van der Waals surface area contributed by atoms with Gasteiger partial charge in [0.05, 0.1) is 4.48 Å². The Bertz CT molecular complexity index is 199. The summed E-state index contributed by atoms with van der Waals surface area (Å²) in [5.74, 6) is -0.133. The van der Waals surface area contributed by atoms with Crippen LogP contribution < -0.4 is 0 Å². The number of nitrogens with zero attached hydrogens (tertiary/aromatic N) is 1. The number of carbonyl (C=O) groups excluding carboxylic acids is 1. The van der Waals surface area contributed by atoms with Crippen molar-refractivity contribution in [1.29, 1.82) is 0 Å². The highest BCUT2D eigenvalue weighted by Gasteiger charge is 2.18. The van der Waals surface area contributed by atoms with Crippen LogP contribution in [0.2, 0.25) is 0 Å². The number of Topliss-reactive ketones (excluding diaryl/α,β-unsaturated/α-hetero) is 1. The lowest BCUT2D eigenvalue weighted by atomic mass is 10.2. The molecule has 1 heterocycles. The van der Waals surface area contributed by atoms with Crippen molar-refractivity contribution < 1.29 is 4.79 Å². The van der Waals surface area contributed by atoms with Crippen molar-refractivity contribution in [1.82, 2.24) is 0 Å². The van der Waals surface area contributed by atoms with E-state index in [2.05, 4.69) is 20.9 Å². The number of rotatable bonds is 0. The van der Waals surface area contributed by atoms with Crippen molar-refractivity contribution in [2.24, 2.45) is 4.99 Å². The summed E-state index contributed by atoms with van der Waals surface area (Å²) >= 11 is 8.50. The number of allylic oxidation sites excluding steroid dienone is 1. The molecule has 0 aromatic rings. The maximum Gasteiger partial charge on any atom is 0.194 e. The van der Waals surface area contributed by atoms with Crippen molar-refractivity contribution >= 4 is 39.5 Å². The summed E-state index contributed by atoms with van der Waals surface area (Å²) in [6, 6.07) is 0. The van der Waals surface area contributed by atoms with Gasteiger partial charge in [-0.1, -0.05) is 0 Å². The van der Waals surface area contributed by atoms with Crippen LogP contribution in [-0.2, 0) is 4.79 Å². The Kier molecular flexibility index (Phi) is 2.03. The van der Waals surface area contributed by atoms with Gasteiger partial charge in [0.2, 0.25) is 0 Å². The second-order valence-electron chi connectivity index (χ2n) is 1.54. The molecule has 0 bridgehead atoms. The third-order valence-corrected chi connectivity index (χ3v) is 1.80. The number of alkyl halides is 1. The molecule has 4 heteroatoms. The van der Waals surface area contributed by atoms with Gasteiger partial charge in [-0.05, 0) is 15.9 Å². The number of aliphatic imine (C=N–C) groups is 1. The van der Waals surface area contributed by atoms with Crippen LogP contribution >= 0.6 is 27.5 Å². The molecular formula is C5H3BrClNO. The van der Waals surface area contributed by atoms with Crippen LogP contribution in [0.25, 0.3) is 0 Å². The Balaban J connectivity index is 2.86. The zero-order chi connectivity index (χ0) is 6.85. The minimum atomic E-state index is -0.593. The Morgan fingerprint density at radius 3 is 2.89 bits per heavy atom. The molecular weight excluding hydrogens is 205 g/mol. The molecule has 0 aliphatic carbocycles. The normalized spacial score (nSPS) is 26.2. The summed E-state index contributed by atoms with van der Waals surface area (Å²) in [5, 5.41) is -0.593. The minimum Gasteiger partial charge on any atom is -0.291 e. The molecule has 0 fully saturated rings. The van der Waals surface area contributed by atoms with E-state index in [-0.39, 0.29) is 5.78 Å². The average Bonchev–Trinajstić information content (AvgIpc) is 1.83. The largest absolute Gasteiger partial charge is 0.291 e. The SMILES string of the molecule is O=C1C(Br)=CN=CC1Cl. The number of ketones is 1. The molecule has 0 amide bonds. The summed E-state index contributed by atoms with van der Waals surface area (Å²) in [4.78, 5) is 14.5. The fraction of sp³-hybridized carbons (Fsp3) is 0.200. The second-order valence-corrected chi connectivity index (χ2v) is 2.87. The minimum absolute atomic E-state index is 0.133. The van der Waals surface area contributed by atoms with Crippen LogP contribution in [0.1, 0.15) is 0 Å². The molecule has 1 aliphatic rings. The van der Waals surface area contributed by atoms with Gasteiger partial charge in [-0.3, -0.25) is 9.79 Å². The predicted molar refractivity (Wildman–Crippen MR) is 40.2 cm³/mol. The first-order valence-electron chi connectivity index (χ1n) is 2.29. The molecule has 0 N–H and O–H groups in total. The lowest BCUT2D eigenvalue weighted by Gasteiger charge is -2.03. The van der Waals surface area contributed by atoms with Gasteiger partial charge in [-0.2, -0.15) is 0 Å². The second kappa shape index (κ2) is 2.62. The number of halogens is 2. The van der Waals surface area contributed by atoms with Crippen molar-refractivity contribution in [2.45, 2.75) is 5.38 Å². The summed E-state index contributed by atoms with van der Waals surface area (Å²) in [5.41, 5.74) is 0. The molecule has 1 aliphatic heterocycles. The van der Waals surface area contributed by atoms with E-state index in [9.17, 15) is 4.79 Å². The Hall–Kier alpha value is -0.150. The van der Waals surface area contributed by atoms with Crippen molar-refractivity contribution in [3.8, 4) is 0 Å². The predicted octanol–water partition coefficient (Wildman–Crippen LogP) is 1.48. The van der Waals surface area contributed by atoms with Crippen molar-refractivity contribution in [3.63, 3.8) is 0 Å². The van der Waals surface area contributed by atoms with Gasteiger partial charge in [0.15, 0.2) is 5.78 Å². The average molecular weight is 208 g/mol. The molecule has 48 valence electrons. The van der Waals surface area contributed by atoms with E-state index in [4.69, 9.17) is 11.6 Å². The van der Waals surface area contributed by atoms with Crippen LogP contribution in [0.5, 0.6) is 0 Å². The molecule has 0 saturated heterocycles. The summed E-state index contributed by atoms with van der Waals surface area (Å²) < 4.78 is 0.435. The van der Waals surface area contributed by atoms with E-state index in [1.54, 1.807) is 0 Å². The standard InChI is InChI=1S/C5H3BrClNO/c6-3-1-8-2-4(7)5(3)9/h1-2,4H. The molecule has 1 atom stereocenters. The van der Waals surface area contributed by atoms with E-state index in [1.807, 2.05) is 0 Å². The van der Waals surface area contributed by atoms with Gasteiger partial charge in [-0.25, -0.2) is 0 Å². The summed E-state index contributed by atoms with van der Waals surface area (Å²) in [7, 11) is 0. The van der Waals surface area contributed by atoms with Crippen LogP contribution in [0.15, 0.2) is 15.7 Å². The zero-order valence-corrected chi connectivity index (χ0v) is 6.69. The van der Waals surface area contributed by atoms with Gasteiger partial charge in [-0.15, -0.1) is 11.6 Å². The quantitative estimate of drug-likeness (QED) is 0.555. The fourth-order valence-electron chi connectivity index (χ4n) is 0.447. The number of hydrogen-bond acceptors (Lipinski definition) is 2. The topological polar surface area (TPSA) is 29.4 Å². The van der Waals surface area contributed by atoms with E-state index < -0.39 is 5.38 Å². The van der Waals surface area contributed by atoms with E-state index in [0.717, 1.165) is 0 Å². The van der Waals surface area contributed by atoms with Gasteiger partial charge in [0.25, 0.3) is 0 Å². The third-order valence-electron chi connectivity index (χ3n) is 0.891. The Morgan fingerprint density at radius 1 is 1.78 bits per heavy atom. The van der Waals surface area contributed by atoms with Crippen LogP contribution in [0, 0.1) is 0 Å². The third kappa shape index (κ3) is 1.40. The molecule has 1 unspecified atom stereocenters. The molecule has 1 rings (SSSR count). The molecule has 9 heavy (non-hydrogen) atoms. The van der Waals surface area contributed by atoms with Gasteiger partial charge in [0, 0.05) is 12.4 Å². The highest BCUT2D eigenvalue weighted by molar-refractivity contribution is 9.12. The zero-order valence-electron chi connectivity index (χ0n) is 4.34. The van der Waals surface area contributed by atoms with E-state index in [1.165, 1.54) is 12.4 Å². The monoisotopic (exact) mass is 207 g/mol. The summed E-state index contributed by atoms with van der Waals surface area (Å²) in [6.45, 7) is 0. The van der Waals surface area contributed by atoms with Gasteiger partial charge < -0.3 is 0 Å². The molecule has 0 aromatic heterocycles. The molecule has 0 saturated carbocycles. The number of carbonyl (C=O) groups is 1.